The molecule has 1 aromatic rings. The molecule has 3 nitrogen and oxygen atoms in total. The van der Waals surface area contributed by atoms with Crippen LogP contribution in [-0.2, 0) is 4.79 Å². The molecule has 2 aliphatic heterocycles. The number of likely N-dealkylation sites (tertiary alicyclic amines) is 1. The maximum absolute atomic E-state index is 12.7. The van der Waals surface area contributed by atoms with Gasteiger partial charge in [0.1, 0.15) is 0 Å². The summed E-state index contributed by atoms with van der Waals surface area (Å²) in [7, 11) is 0. The Morgan fingerprint density at radius 2 is 2.05 bits per heavy atom. The van der Waals surface area contributed by atoms with Gasteiger partial charge in [0.2, 0.25) is 5.91 Å². The van der Waals surface area contributed by atoms with Gasteiger partial charge in [0.05, 0.1) is 12.0 Å². The first kappa shape index (κ1) is 12.7. The van der Waals surface area contributed by atoms with Crippen molar-refractivity contribution in [3.63, 3.8) is 0 Å². The fourth-order valence-corrected chi connectivity index (χ4v) is 3.41. The SMILES string of the molecule is CC1CNCC1C(=O)N1CCCC1c1ccccc1. The molecule has 19 heavy (non-hydrogen) atoms. The van der Waals surface area contributed by atoms with E-state index in [9.17, 15) is 4.79 Å². The van der Waals surface area contributed by atoms with Crippen LogP contribution in [0.1, 0.15) is 31.4 Å². The average molecular weight is 258 g/mol. The lowest BCUT2D eigenvalue weighted by Gasteiger charge is -2.29. The maximum atomic E-state index is 12.7. The van der Waals surface area contributed by atoms with Crippen molar-refractivity contribution in [3.8, 4) is 0 Å². The molecule has 0 aromatic heterocycles. The van der Waals surface area contributed by atoms with Crippen molar-refractivity contribution in [1.29, 1.82) is 0 Å². The molecule has 1 N–H and O–H groups in total. The largest absolute Gasteiger partial charge is 0.335 e. The molecular formula is C16H22N2O. The quantitative estimate of drug-likeness (QED) is 0.882. The number of carbonyl (C=O) groups is 1. The molecule has 3 unspecified atom stereocenters. The van der Waals surface area contributed by atoms with Gasteiger partial charge in [0, 0.05) is 13.1 Å². The highest BCUT2D eigenvalue weighted by atomic mass is 16.2. The van der Waals surface area contributed by atoms with Gasteiger partial charge < -0.3 is 10.2 Å². The Bertz CT molecular complexity index is 445. The van der Waals surface area contributed by atoms with Crippen LogP contribution < -0.4 is 5.32 Å². The Morgan fingerprint density at radius 3 is 2.74 bits per heavy atom. The summed E-state index contributed by atoms with van der Waals surface area (Å²) in [4.78, 5) is 14.8. The molecule has 3 atom stereocenters. The Hall–Kier alpha value is -1.35. The van der Waals surface area contributed by atoms with Crippen LogP contribution in [0.3, 0.4) is 0 Å². The van der Waals surface area contributed by atoms with Gasteiger partial charge in [-0.25, -0.2) is 0 Å². The molecule has 1 aromatic carbocycles. The van der Waals surface area contributed by atoms with Crippen molar-refractivity contribution in [2.45, 2.75) is 25.8 Å². The van der Waals surface area contributed by atoms with E-state index in [1.807, 2.05) is 6.07 Å². The van der Waals surface area contributed by atoms with Crippen LogP contribution >= 0.6 is 0 Å². The number of carbonyl (C=O) groups excluding carboxylic acids is 1. The van der Waals surface area contributed by atoms with Gasteiger partial charge >= 0.3 is 0 Å². The number of rotatable bonds is 2. The predicted molar refractivity (Wildman–Crippen MR) is 75.7 cm³/mol. The third kappa shape index (κ3) is 2.39. The molecule has 2 saturated heterocycles. The van der Waals surface area contributed by atoms with Crippen LogP contribution in [0.25, 0.3) is 0 Å². The summed E-state index contributed by atoms with van der Waals surface area (Å²) in [5, 5.41) is 3.33. The zero-order chi connectivity index (χ0) is 13.2. The van der Waals surface area contributed by atoms with Crippen LogP contribution in [0, 0.1) is 11.8 Å². The van der Waals surface area contributed by atoms with Crippen molar-refractivity contribution in [3.05, 3.63) is 35.9 Å². The molecule has 0 saturated carbocycles. The van der Waals surface area contributed by atoms with Crippen molar-refractivity contribution in [2.24, 2.45) is 11.8 Å². The van der Waals surface area contributed by atoms with E-state index in [1.165, 1.54) is 5.56 Å². The van der Waals surface area contributed by atoms with Gasteiger partial charge in [0.25, 0.3) is 0 Å². The van der Waals surface area contributed by atoms with Gasteiger partial charge in [-0.15, -0.1) is 0 Å². The maximum Gasteiger partial charge on any atom is 0.227 e. The van der Waals surface area contributed by atoms with E-state index in [-0.39, 0.29) is 5.92 Å². The smallest absolute Gasteiger partial charge is 0.227 e. The second-order valence-corrected chi connectivity index (χ2v) is 5.84. The lowest BCUT2D eigenvalue weighted by atomic mass is 9.95. The van der Waals surface area contributed by atoms with E-state index in [0.29, 0.717) is 17.9 Å². The first-order valence-corrected chi connectivity index (χ1v) is 7.33. The molecular weight excluding hydrogens is 236 g/mol. The molecule has 2 fully saturated rings. The summed E-state index contributed by atoms with van der Waals surface area (Å²) in [6, 6.07) is 10.8. The summed E-state index contributed by atoms with van der Waals surface area (Å²) in [5.74, 6) is 0.984. The molecule has 0 aliphatic carbocycles. The predicted octanol–water partition coefficient (Wildman–Crippen LogP) is 2.21. The van der Waals surface area contributed by atoms with Crippen LogP contribution in [0.4, 0.5) is 0 Å². The van der Waals surface area contributed by atoms with Gasteiger partial charge in [0.15, 0.2) is 0 Å². The molecule has 3 heteroatoms. The normalized spacial score (nSPS) is 30.8. The second-order valence-electron chi connectivity index (χ2n) is 5.84. The van der Waals surface area contributed by atoms with E-state index < -0.39 is 0 Å². The fraction of sp³-hybridized carbons (Fsp3) is 0.562. The van der Waals surface area contributed by atoms with Crippen LogP contribution in [0.2, 0.25) is 0 Å². The molecule has 102 valence electrons. The number of benzene rings is 1. The summed E-state index contributed by atoms with van der Waals surface area (Å²) in [6.07, 6.45) is 2.23. The fourth-order valence-electron chi connectivity index (χ4n) is 3.41. The van der Waals surface area contributed by atoms with Crippen LogP contribution in [0.5, 0.6) is 0 Å². The van der Waals surface area contributed by atoms with Gasteiger partial charge in [-0.3, -0.25) is 4.79 Å². The standard InChI is InChI=1S/C16H22N2O/c1-12-10-17-11-14(12)16(19)18-9-5-8-15(18)13-6-3-2-4-7-13/h2-4,6-7,12,14-15,17H,5,8-11H2,1H3. The third-order valence-electron chi connectivity index (χ3n) is 4.55. The lowest BCUT2D eigenvalue weighted by Crippen LogP contribution is -2.38. The minimum absolute atomic E-state index is 0.171. The third-order valence-corrected chi connectivity index (χ3v) is 4.55. The Morgan fingerprint density at radius 1 is 1.26 bits per heavy atom. The monoisotopic (exact) mass is 258 g/mol. The zero-order valence-corrected chi connectivity index (χ0v) is 11.5. The van der Waals surface area contributed by atoms with Gasteiger partial charge in [-0.2, -0.15) is 0 Å². The number of amides is 1. The van der Waals surface area contributed by atoms with Gasteiger partial charge in [-0.05, 0) is 30.9 Å². The second kappa shape index (κ2) is 5.33. The highest BCUT2D eigenvalue weighted by Gasteiger charge is 2.37. The average Bonchev–Trinajstić information content (AvgIpc) is 3.07. The van der Waals surface area contributed by atoms with E-state index in [0.717, 1.165) is 32.5 Å². The highest BCUT2D eigenvalue weighted by Crippen LogP contribution is 2.34. The molecule has 2 aliphatic rings. The van der Waals surface area contributed by atoms with Crippen LogP contribution in [0.15, 0.2) is 30.3 Å². The van der Waals surface area contributed by atoms with Crippen molar-refractivity contribution >= 4 is 5.91 Å². The number of hydrogen-bond donors (Lipinski definition) is 1. The summed E-state index contributed by atoms with van der Waals surface area (Å²) >= 11 is 0. The van der Waals surface area contributed by atoms with Crippen molar-refractivity contribution in [1.82, 2.24) is 10.2 Å². The summed E-state index contributed by atoms with van der Waals surface area (Å²) < 4.78 is 0. The molecule has 3 rings (SSSR count). The van der Waals surface area contributed by atoms with E-state index in [1.54, 1.807) is 0 Å². The number of nitrogens with one attached hydrogen (secondary N) is 1. The van der Waals surface area contributed by atoms with E-state index in [2.05, 4.69) is 41.4 Å². The van der Waals surface area contributed by atoms with Crippen LogP contribution in [-0.4, -0.2) is 30.4 Å². The number of hydrogen-bond acceptors (Lipinski definition) is 2. The minimum atomic E-state index is 0.171. The van der Waals surface area contributed by atoms with E-state index in [4.69, 9.17) is 0 Å². The Balaban J connectivity index is 1.78. The van der Waals surface area contributed by atoms with Crippen molar-refractivity contribution in [2.75, 3.05) is 19.6 Å². The van der Waals surface area contributed by atoms with Crippen molar-refractivity contribution < 1.29 is 4.79 Å². The molecule has 0 radical (unpaired) electrons. The molecule has 0 spiro atoms. The zero-order valence-electron chi connectivity index (χ0n) is 11.5. The summed E-state index contributed by atoms with van der Waals surface area (Å²) in [6.45, 7) is 4.91. The Labute approximate surface area is 115 Å². The topological polar surface area (TPSA) is 32.3 Å². The minimum Gasteiger partial charge on any atom is -0.335 e. The molecule has 1 amide bonds. The molecule has 0 bridgehead atoms. The highest BCUT2D eigenvalue weighted by molar-refractivity contribution is 5.80. The first-order chi connectivity index (χ1) is 9.27. The summed E-state index contributed by atoms with van der Waals surface area (Å²) in [5.41, 5.74) is 1.28. The van der Waals surface area contributed by atoms with Gasteiger partial charge in [-0.1, -0.05) is 37.3 Å². The molecule has 2 heterocycles. The lowest BCUT2D eigenvalue weighted by molar-refractivity contribution is -0.136. The van der Waals surface area contributed by atoms with E-state index >= 15 is 0 Å². The first-order valence-electron chi connectivity index (χ1n) is 7.33. The number of nitrogens with zero attached hydrogens (tertiary/aromatic N) is 1. The Kier molecular flexibility index (Phi) is 3.56.